The zero-order chi connectivity index (χ0) is 24.2. The summed E-state index contributed by atoms with van der Waals surface area (Å²) in [5.74, 6) is 3.03. The number of hydrogen-bond donors (Lipinski definition) is 0. The molecule has 35 heavy (non-hydrogen) atoms. The van der Waals surface area contributed by atoms with Crippen molar-refractivity contribution < 1.29 is 14.3 Å². The van der Waals surface area contributed by atoms with Crippen LogP contribution in [0.5, 0.6) is 5.75 Å². The molecule has 3 aromatic rings. The predicted molar refractivity (Wildman–Crippen MR) is 131 cm³/mol. The molecule has 0 spiro atoms. The monoisotopic (exact) mass is 477 g/mol. The van der Waals surface area contributed by atoms with E-state index in [4.69, 9.17) is 14.6 Å². The van der Waals surface area contributed by atoms with Gasteiger partial charge < -0.3 is 14.0 Å². The number of rotatable bonds is 7. The number of esters is 1. The third-order valence-electron chi connectivity index (χ3n) is 7.76. The molecule has 2 aliphatic rings. The summed E-state index contributed by atoms with van der Waals surface area (Å²) in [6.07, 6.45) is 15.5. The summed E-state index contributed by atoms with van der Waals surface area (Å²) >= 11 is 0. The molecule has 186 valence electrons. The van der Waals surface area contributed by atoms with Crippen molar-refractivity contribution >= 4 is 5.97 Å². The summed E-state index contributed by atoms with van der Waals surface area (Å²) in [6, 6.07) is 7.58. The fourth-order valence-corrected chi connectivity index (χ4v) is 5.63. The van der Waals surface area contributed by atoms with Crippen molar-refractivity contribution in [2.24, 2.45) is 7.05 Å². The van der Waals surface area contributed by atoms with Crippen molar-refractivity contribution in [3.8, 4) is 5.75 Å². The SMILES string of the molecule is COC(=O)c1cccc(OCc2nnc([C@H]3CC[C@H](c4cnn(C5CCCCC5)c4)CC3)n2C)c1. The molecule has 1 aromatic carbocycles. The lowest BCUT2D eigenvalue weighted by Gasteiger charge is -2.27. The zero-order valence-corrected chi connectivity index (χ0v) is 20.7. The third-order valence-corrected chi connectivity index (χ3v) is 7.76. The van der Waals surface area contributed by atoms with Gasteiger partial charge in [0.15, 0.2) is 5.82 Å². The van der Waals surface area contributed by atoms with Crippen LogP contribution < -0.4 is 4.74 Å². The Morgan fingerprint density at radius 2 is 1.80 bits per heavy atom. The quantitative estimate of drug-likeness (QED) is 0.428. The first kappa shape index (κ1) is 23.6. The lowest BCUT2D eigenvalue weighted by molar-refractivity contribution is 0.0600. The number of hydrogen-bond acceptors (Lipinski definition) is 6. The maximum atomic E-state index is 11.8. The highest BCUT2D eigenvalue weighted by atomic mass is 16.5. The van der Waals surface area contributed by atoms with Crippen LogP contribution >= 0.6 is 0 Å². The standard InChI is InChI=1S/C27H35N5O3/c1-31-25(18-35-24-10-6-7-21(15-24)27(33)34-2)29-30-26(31)20-13-11-19(12-14-20)22-16-28-32(17-22)23-8-4-3-5-9-23/h6-7,10,15-17,19-20,23H,3-5,8-9,11-14,18H2,1-2H3/t19-,20-. The average Bonchev–Trinajstić information content (AvgIpc) is 3.55. The smallest absolute Gasteiger partial charge is 0.337 e. The van der Waals surface area contributed by atoms with E-state index in [-0.39, 0.29) is 5.97 Å². The van der Waals surface area contributed by atoms with Gasteiger partial charge in [-0.15, -0.1) is 10.2 Å². The first-order valence-electron chi connectivity index (χ1n) is 12.9. The van der Waals surface area contributed by atoms with Gasteiger partial charge in [0.25, 0.3) is 0 Å². The molecule has 0 N–H and O–H groups in total. The Bertz CT molecular complexity index is 1140. The molecule has 5 rings (SSSR count). The number of carbonyl (C=O) groups excluding carboxylic acids is 1. The zero-order valence-electron chi connectivity index (χ0n) is 20.7. The minimum Gasteiger partial charge on any atom is -0.486 e. The molecule has 0 atom stereocenters. The molecule has 0 bridgehead atoms. The van der Waals surface area contributed by atoms with Crippen molar-refractivity contribution in [3.63, 3.8) is 0 Å². The van der Waals surface area contributed by atoms with Crippen LogP contribution in [0, 0.1) is 0 Å². The van der Waals surface area contributed by atoms with Gasteiger partial charge in [0.05, 0.1) is 24.9 Å². The van der Waals surface area contributed by atoms with Gasteiger partial charge in [-0.25, -0.2) is 4.79 Å². The summed E-state index contributed by atoms with van der Waals surface area (Å²) in [7, 11) is 3.38. The van der Waals surface area contributed by atoms with Crippen LogP contribution in [0.4, 0.5) is 0 Å². The predicted octanol–water partition coefficient (Wildman–Crippen LogP) is 5.32. The van der Waals surface area contributed by atoms with Crippen molar-refractivity contribution in [2.45, 2.75) is 82.3 Å². The minimum absolute atomic E-state index is 0.295. The lowest BCUT2D eigenvalue weighted by atomic mass is 9.79. The first-order chi connectivity index (χ1) is 17.1. The Balaban J connectivity index is 1.16. The van der Waals surface area contributed by atoms with Crippen molar-refractivity contribution in [1.82, 2.24) is 24.5 Å². The number of ether oxygens (including phenoxy) is 2. The molecule has 0 saturated heterocycles. The number of carbonyl (C=O) groups is 1. The molecule has 8 nitrogen and oxygen atoms in total. The van der Waals surface area contributed by atoms with E-state index < -0.39 is 0 Å². The van der Waals surface area contributed by atoms with E-state index in [1.807, 2.05) is 13.1 Å². The molecular formula is C27H35N5O3. The van der Waals surface area contributed by atoms with E-state index in [0.29, 0.717) is 35.8 Å². The maximum Gasteiger partial charge on any atom is 0.337 e. The summed E-state index contributed by atoms with van der Waals surface area (Å²) < 4.78 is 15.0. The van der Waals surface area contributed by atoms with Crippen LogP contribution in [0.1, 0.15) is 103 Å². The summed E-state index contributed by atoms with van der Waals surface area (Å²) in [4.78, 5) is 11.8. The second-order valence-electron chi connectivity index (χ2n) is 9.94. The Labute approximate surface area is 206 Å². The molecule has 2 fully saturated rings. The molecule has 0 radical (unpaired) electrons. The van der Waals surface area contributed by atoms with Gasteiger partial charge in [-0.05, 0) is 68.2 Å². The molecule has 2 aromatic heterocycles. The normalized spacial score (nSPS) is 21.1. The maximum absolute atomic E-state index is 11.8. The summed E-state index contributed by atoms with van der Waals surface area (Å²) in [5, 5.41) is 13.6. The number of methoxy groups -OCH3 is 1. The second kappa shape index (κ2) is 10.6. The van der Waals surface area contributed by atoms with Crippen LogP contribution in [-0.4, -0.2) is 37.6 Å². The highest BCUT2D eigenvalue weighted by Gasteiger charge is 2.28. The fraction of sp³-hybridized carbons (Fsp3) is 0.556. The Morgan fingerprint density at radius 3 is 2.57 bits per heavy atom. The topological polar surface area (TPSA) is 84.1 Å². The second-order valence-corrected chi connectivity index (χ2v) is 9.94. The summed E-state index contributed by atoms with van der Waals surface area (Å²) in [5.41, 5.74) is 1.86. The highest BCUT2D eigenvalue weighted by Crippen LogP contribution is 2.40. The van der Waals surface area contributed by atoms with E-state index >= 15 is 0 Å². The minimum atomic E-state index is -0.381. The van der Waals surface area contributed by atoms with Gasteiger partial charge in [0.2, 0.25) is 0 Å². The third kappa shape index (κ3) is 5.26. The Morgan fingerprint density at radius 1 is 1.03 bits per heavy atom. The number of aromatic nitrogens is 5. The molecule has 0 aliphatic heterocycles. The lowest BCUT2D eigenvalue weighted by Crippen LogP contribution is -2.16. The molecule has 2 aliphatic carbocycles. The molecule has 2 saturated carbocycles. The highest BCUT2D eigenvalue weighted by molar-refractivity contribution is 5.89. The van der Waals surface area contributed by atoms with E-state index in [0.717, 1.165) is 37.3 Å². The molecular weight excluding hydrogens is 442 g/mol. The van der Waals surface area contributed by atoms with Gasteiger partial charge in [-0.1, -0.05) is 25.3 Å². The average molecular weight is 478 g/mol. The van der Waals surface area contributed by atoms with Crippen molar-refractivity contribution in [1.29, 1.82) is 0 Å². The summed E-state index contributed by atoms with van der Waals surface area (Å²) in [6.45, 7) is 0.295. The Kier molecular flexibility index (Phi) is 7.16. The van der Waals surface area contributed by atoms with Gasteiger partial charge >= 0.3 is 5.97 Å². The van der Waals surface area contributed by atoms with E-state index in [9.17, 15) is 4.79 Å². The van der Waals surface area contributed by atoms with E-state index in [1.165, 1.54) is 44.8 Å². The van der Waals surface area contributed by atoms with Crippen LogP contribution in [-0.2, 0) is 18.4 Å². The van der Waals surface area contributed by atoms with Crippen molar-refractivity contribution in [2.75, 3.05) is 7.11 Å². The van der Waals surface area contributed by atoms with Gasteiger partial charge in [-0.2, -0.15) is 5.10 Å². The van der Waals surface area contributed by atoms with Crippen LogP contribution in [0.25, 0.3) is 0 Å². The van der Waals surface area contributed by atoms with Crippen LogP contribution in [0.3, 0.4) is 0 Å². The van der Waals surface area contributed by atoms with E-state index in [2.05, 4.69) is 31.8 Å². The van der Waals surface area contributed by atoms with Gasteiger partial charge in [-0.3, -0.25) is 4.68 Å². The number of benzene rings is 1. The van der Waals surface area contributed by atoms with E-state index in [1.54, 1.807) is 18.2 Å². The van der Waals surface area contributed by atoms with Crippen LogP contribution in [0.15, 0.2) is 36.7 Å². The molecule has 2 heterocycles. The number of nitrogens with zero attached hydrogens (tertiary/aromatic N) is 5. The molecule has 0 unspecified atom stereocenters. The van der Waals surface area contributed by atoms with Crippen LogP contribution in [0.2, 0.25) is 0 Å². The van der Waals surface area contributed by atoms with Crippen molar-refractivity contribution in [3.05, 3.63) is 59.4 Å². The fourth-order valence-electron chi connectivity index (χ4n) is 5.63. The largest absolute Gasteiger partial charge is 0.486 e. The Hall–Kier alpha value is -3.16. The van der Waals surface area contributed by atoms with Gasteiger partial charge in [0.1, 0.15) is 18.2 Å². The molecule has 8 heteroatoms. The molecule has 0 amide bonds. The van der Waals surface area contributed by atoms with Gasteiger partial charge in [0, 0.05) is 19.2 Å². The first-order valence-corrected chi connectivity index (χ1v) is 12.9.